The number of carbonyl (C=O) groups excluding carboxylic acids is 2. The predicted molar refractivity (Wildman–Crippen MR) is 59.3 cm³/mol. The molecule has 1 aromatic rings. The number of hydrogen-bond donors (Lipinski definition) is 2. The summed E-state index contributed by atoms with van der Waals surface area (Å²) in [4.78, 5) is 23.0. The number of hydrazine groups is 1. The van der Waals surface area contributed by atoms with Gasteiger partial charge in [-0.3, -0.25) is 20.4 Å². The molecule has 1 saturated carbocycles. The van der Waals surface area contributed by atoms with Gasteiger partial charge in [-0.15, -0.1) is 0 Å². The molecule has 2 N–H and O–H groups in total. The molecule has 1 fully saturated rings. The molecule has 4 nitrogen and oxygen atoms in total. The lowest BCUT2D eigenvalue weighted by Gasteiger charge is -2.23. The highest BCUT2D eigenvalue weighted by atomic mass is 19.1. The Morgan fingerprint density at radius 2 is 1.76 bits per heavy atom. The fourth-order valence-corrected chi connectivity index (χ4v) is 1.56. The van der Waals surface area contributed by atoms with Gasteiger partial charge in [-0.1, -0.05) is 6.42 Å². The van der Waals surface area contributed by atoms with Crippen LogP contribution in [0.15, 0.2) is 24.3 Å². The molecule has 17 heavy (non-hydrogen) atoms. The minimum atomic E-state index is -0.447. The average molecular weight is 236 g/mol. The fourth-order valence-electron chi connectivity index (χ4n) is 1.56. The van der Waals surface area contributed by atoms with Gasteiger partial charge in [-0.2, -0.15) is 0 Å². The molecule has 1 aliphatic rings. The summed E-state index contributed by atoms with van der Waals surface area (Å²) in [5.41, 5.74) is 4.98. The summed E-state index contributed by atoms with van der Waals surface area (Å²) < 4.78 is 12.6. The first-order valence-corrected chi connectivity index (χ1v) is 5.52. The van der Waals surface area contributed by atoms with Crippen LogP contribution in [0.4, 0.5) is 4.39 Å². The Balaban J connectivity index is 1.84. The normalized spacial score (nSPS) is 14.9. The first-order valence-electron chi connectivity index (χ1n) is 5.52. The molecule has 0 atom stereocenters. The molecule has 0 aliphatic heterocycles. The van der Waals surface area contributed by atoms with Crippen LogP contribution in [0.1, 0.15) is 29.6 Å². The van der Waals surface area contributed by atoms with Gasteiger partial charge in [0.1, 0.15) is 5.82 Å². The SMILES string of the molecule is O=C(NNC(=O)C1CCC1)c1ccc(F)cc1. The van der Waals surface area contributed by atoms with E-state index in [0.717, 1.165) is 19.3 Å². The average Bonchev–Trinajstić information content (AvgIpc) is 2.24. The Labute approximate surface area is 98.2 Å². The van der Waals surface area contributed by atoms with Crippen LogP contribution in [0.5, 0.6) is 0 Å². The van der Waals surface area contributed by atoms with E-state index in [0.29, 0.717) is 5.56 Å². The van der Waals surface area contributed by atoms with Gasteiger partial charge in [-0.25, -0.2) is 4.39 Å². The van der Waals surface area contributed by atoms with Crippen LogP contribution < -0.4 is 10.9 Å². The van der Waals surface area contributed by atoms with E-state index in [1.54, 1.807) is 0 Å². The second-order valence-corrected chi connectivity index (χ2v) is 4.08. The Hall–Kier alpha value is -1.91. The van der Waals surface area contributed by atoms with E-state index < -0.39 is 11.7 Å². The van der Waals surface area contributed by atoms with Gasteiger partial charge in [0.25, 0.3) is 5.91 Å². The molecule has 0 aromatic heterocycles. The van der Waals surface area contributed by atoms with Crippen molar-refractivity contribution in [3.8, 4) is 0 Å². The van der Waals surface area contributed by atoms with Crippen molar-refractivity contribution >= 4 is 11.8 Å². The van der Waals surface area contributed by atoms with Crippen molar-refractivity contribution in [1.29, 1.82) is 0 Å². The Morgan fingerprint density at radius 3 is 2.29 bits per heavy atom. The molecule has 0 bridgehead atoms. The smallest absolute Gasteiger partial charge is 0.269 e. The van der Waals surface area contributed by atoms with Crippen molar-refractivity contribution in [2.75, 3.05) is 0 Å². The van der Waals surface area contributed by atoms with Crippen LogP contribution >= 0.6 is 0 Å². The van der Waals surface area contributed by atoms with Gasteiger partial charge in [0.2, 0.25) is 5.91 Å². The molecule has 90 valence electrons. The summed E-state index contributed by atoms with van der Waals surface area (Å²) in [5.74, 6) is -0.993. The summed E-state index contributed by atoms with van der Waals surface area (Å²) in [6.07, 6.45) is 2.81. The monoisotopic (exact) mass is 236 g/mol. The van der Waals surface area contributed by atoms with Crippen LogP contribution in [0.2, 0.25) is 0 Å². The van der Waals surface area contributed by atoms with E-state index in [4.69, 9.17) is 0 Å². The first-order chi connectivity index (χ1) is 8.16. The van der Waals surface area contributed by atoms with Crippen molar-refractivity contribution in [2.24, 2.45) is 5.92 Å². The van der Waals surface area contributed by atoms with E-state index in [1.165, 1.54) is 24.3 Å². The fraction of sp³-hybridized carbons (Fsp3) is 0.333. The van der Waals surface area contributed by atoms with Gasteiger partial charge in [0, 0.05) is 11.5 Å². The Morgan fingerprint density at radius 1 is 1.12 bits per heavy atom. The van der Waals surface area contributed by atoms with Gasteiger partial charge in [0.05, 0.1) is 0 Å². The van der Waals surface area contributed by atoms with Crippen LogP contribution in [-0.2, 0) is 4.79 Å². The van der Waals surface area contributed by atoms with E-state index >= 15 is 0 Å². The lowest BCUT2D eigenvalue weighted by atomic mass is 9.85. The van der Waals surface area contributed by atoms with E-state index in [1.807, 2.05) is 0 Å². The third kappa shape index (κ3) is 2.81. The number of amides is 2. The van der Waals surface area contributed by atoms with Crippen molar-refractivity contribution in [2.45, 2.75) is 19.3 Å². The third-order valence-corrected chi connectivity index (χ3v) is 2.88. The minimum absolute atomic E-state index is 0.0171. The highest BCUT2D eigenvalue weighted by molar-refractivity contribution is 5.95. The van der Waals surface area contributed by atoms with Gasteiger partial charge < -0.3 is 0 Å². The lowest BCUT2D eigenvalue weighted by Crippen LogP contribution is -2.46. The number of nitrogens with one attached hydrogen (secondary N) is 2. The maximum absolute atomic E-state index is 12.6. The third-order valence-electron chi connectivity index (χ3n) is 2.88. The van der Waals surface area contributed by atoms with E-state index in [9.17, 15) is 14.0 Å². The van der Waals surface area contributed by atoms with Crippen molar-refractivity contribution < 1.29 is 14.0 Å². The number of rotatable bonds is 2. The zero-order chi connectivity index (χ0) is 12.3. The molecule has 0 unspecified atom stereocenters. The second kappa shape index (κ2) is 4.95. The van der Waals surface area contributed by atoms with Crippen molar-refractivity contribution in [1.82, 2.24) is 10.9 Å². The molecular formula is C12H13FN2O2. The number of halogens is 1. The molecule has 0 radical (unpaired) electrons. The van der Waals surface area contributed by atoms with E-state index in [-0.39, 0.29) is 11.8 Å². The lowest BCUT2D eigenvalue weighted by molar-refractivity contribution is -0.128. The molecule has 0 saturated heterocycles. The minimum Gasteiger partial charge on any atom is -0.273 e. The molecule has 0 spiro atoms. The summed E-state index contributed by atoms with van der Waals surface area (Å²) in [5, 5.41) is 0. The van der Waals surface area contributed by atoms with Crippen LogP contribution in [0, 0.1) is 11.7 Å². The molecule has 2 amide bonds. The standard InChI is InChI=1S/C12H13FN2O2/c13-10-6-4-9(5-7-10)12(17)15-14-11(16)8-2-1-3-8/h4-8H,1-3H2,(H,14,16)(H,15,17). The van der Waals surface area contributed by atoms with Gasteiger partial charge in [-0.05, 0) is 37.1 Å². The van der Waals surface area contributed by atoms with Crippen LogP contribution in [-0.4, -0.2) is 11.8 Å². The summed E-state index contributed by atoms with van der Waals surface area (Å²) >= 11 is 0. The molecule has 0 heterocycles. The van der Waals surface area contributed by atoms with E-state index in [2.05, 4.69) is 10.9 Å². The predicted octanol–water partition coefficient (Wildman–Crippen LogP) is 1.39. The Kier molecular flexibility index (Phi) is 3.37. The number of hydrogen-bond acceptors (Lipinski definition) is 2. The second-order valence-electron chi connectivity index (χ2n) is 4.08. The molecule has 1 aliphatic carbocycles. The number of carbonyl (C=O) groups is 2. The van der Waals surface area contributed by atoms with Crippen molar-refractivity contribution in [3.05, 3.63) is 35.6 Å². The largest absolute Gasteiger partial charge is 0.273 e. The molecule has 5 heteroatoms. The van der Waals surface area contributed by atoms with Crippen LogP contribution in [0.25, 0.3) is 0 Å². The van der Waals surface area contributed by atoms with Crippen LogP contribution in [0.3, 0.4) is 0 Å². The van der Waals surface area contributed by atoms with Crippen molar-refractivity contribution in [3.63, 3.8) is 0 Å². The summed E-state index contributed by atoms with van der Waals surface area (Å²) in [6.45, 7) is 0. The highest BCUT2D eigenvalue weighted by Crippen LogP contribution is 2.25. The number of benzene rings is 1. The molecule has 1 aromatic carbocycles. The van der Waals surface area contributed by atoms with Gasteiger partial charge >= 0.3 is 0 Å². The summed E-state index contributed by atoms with van der Waals surface area (Å²) in [7, 11) is 0. The first kappa shape index (κ1) is 11.6. The highest BCUT2D eigenvalue weighted by Gasteiger charge is 2.25. The topological polar surface area (TPSA) is 58.2 Å². The zero-order valence-corrected chi connectivity index (χ0v) is 9.20. The van der Waals surface area contributed by atoms with Gasteiger partial charge in [0.15, 0.2) is 0 Å². The molecular weight excluding hydrogens is 223 g/mol. The maximum atomic E-state index is 12.6. The summed E-state index contributed by atoms with van der Waals surface area (Å²) in [6, 6.07) is 5.12. The zero-order valence-electron chi connectivity index (χ0n) is 9.20. The maximum Gasteiger partial charge on any atom is 0.269 e. The Bertz CT molecular complexity index is 427. The molecule has 2 rings (SSSR count). The quantitative estimate of drug-likeness (QED) is 0.762.